The molecule has 0 spiro atoms. The number of ether oxygens (including phenoxy) is 2. The smallest absolute Gasteiger partial charge is 0.343 e. The van der Waals surface area contributed by atoms with Crippen molar-refractivity contribution >= 4 is 17.6 Å². The van der Waals surface area contributed by atoms with Crippen molar-refractivity contribution in [1.82, 2.24) is 0 Å². The van der Waals surface area contributed by atoms with Crippen LogP contribution in [0.5, 0.6) is 5.75 Å². The van der Waals surface area contributed by atoms with Crippen LogP contribution in [-0.2, 0) is 9.53 Å². The van der Waals surface area contributed by atoms with Crippen LogP contribution in [0.2, 0.25) is 0 Å². The summed E-state index contributed by atoms with van der Waals surface area (Å²) in [4.78, 5) is 21.5. The van der Waals surface area contributed by atoms with E-state index >= 15 is 0 Å². The van der Waals surface area contributed by atoms with E-state index in [-0.39, 0.29) is 23.6 Å². The van der Waals surface area contributed by atoms with E-state index in [1.54, 1.807) is 0 Å². The van der Waals surface area contributed by atoms with E-state index < -0.39 is 11.9 Å². The van der Waals surface area contributed by atoms with Gasteiger partial charge in [0.15, 0.2) is 6.61 Å². The molecular weight excluding hydrogens is 214 g/mol. The average molecular weight is 225 g/mol. The lowest BCUT2D eigenvalue weighted by molar-refractivity contribution is -0.142. The van der Waals surface area contributed by atoms with Gasteiger partial charge in [0.2, 0.25) is 0 Å². The molecule has 0 fully saturated rings. The van der Waals surface area contributed by atoms with Gasteiger partial charge in [-0.3, -0.25) is 0 Å². The molecule has 6 heteroatoms. The lowest BCUT2D eigenvalue weighted by atomic mass is 10.2. The molecule has 86 valence electrons. The summed E-state index contributed by atoms with van der Waals surface area (Å²) in [6.45, 7) is -0.316. The van der Waals surface area contributed by atoms with E-state index in [2.05, 4.69) is 4.74 Å². The molecule has 1 aromatic carbocycles. The number of rotatable bonds is 4. The molecule has 16 heavy (non-hydrogen) atoms. The monoisotopic (exact) mass is 225 g/mol. The fourth-order valence-corrected chi connectivity index (χ4v) is 0.988. The highest BCUT2D eigenvalue weighted by molar-refractivity contribution is 5.89. The van der Waals surface area contributed by atoms with Crippen molar-refractivity contribution in [2.45, 2.75) is 0 Å². The number of aromatic carboxylic acids is 1. The fourth-order valence-electron chi connectivity index (χ4n) is 0.988. The standard InChI is InChI=1S/C10H11NO5/c1-15-9(12)5-16-8-4-6(10(13)14)2-3-7(8)11/h2-4H,5,11H2,1H3,(H,13,14). The number of carboxylic acid groups (broad SMARTS) is 1. The van der Waals surface area contributed by atoms with Crippen LogP contribution >= 0.6 is 0 Å². The molecule has 1 rings (SSSR count). The number of hydrogen-bond acceptors (Lipinski definition) is 5. The molecular formula is C10H11NO5. The van der Waals surface area contributed by atoms with Crippen LogP contribution in [-0.4, -0.2) is 30.8 Å². The van der Waals surface area contributed by atoms with E-state index in [1.807, 2.05) is 0 Å². The Morgan fingerprint density at radius 2 is 2.12 bits per heavy atom. The van der Waals surface area contributed by atoms with Gasteiger partial charge in [-0.2, -0.15) is 0 Å². The largest absolute Gasteiger partial charge is 0.480 e. The molecule has 0 aromatic heterocycles. The zero-order valence-corrected chi connectivity index (χ0v) is 8.60. The third kappa shape index (κ3) is 2.88. The topological polar surface area (TPSA) is 98.8 Å². The van der Waals surface area contributed by atoms with Gasteiger partial charge >= 0.3 is 11.9 Å². The Morgan fingerprint density at radius 1 is 1.44 bits per heavy atom. The molecule has 0 saturated carbocycles. The van der Waals surface area contributed by atoms with Gasteiger partial charge in [-0.1, -0.05) is 0 Å². The highest BCUT2D eigenvalue weighted by atomic mass is 16.6. The fraction of sp³-hybridized carbons (Fsp3) is 0.200. The number of carbonyl (C=O) groups is 2. The summed E-state index contributed by atoms with van der Waals surface area (Å²) in [6, 6.07) is 4.00. The first-order chi connectivity index (χ1) is 7.54. The second-order valence-electron chi connectivity index (χ2n) is 2.92. The minimum Gasteiger partial charge on any atom is -0.480 e. The molecule has 0 aliphatic heterocycles. The number of esters is 1. The highest BCUT2D eigenvalue weighted by Crippen LogP contribution is 2.22. The second kappa shape index (κ2) is 5.01. The maximum absolute atomic E-state index is 10.8. The predicted octanol–water partition coefficient (Wildman–Crippen LogP) is 0.519. The number of benzene rings is 1. The molecule has 3 N–H and O–H groups in total. The van der Waals surface area contributed by atoms with Crippen LogP contribution in [0, 0.1) is 0 Å². The Hall–Kier alpha value is -2.24. The van der Waals surface area contributed by atoms with Crippen molar-refractivity contribution in [3.05, 3.63) is 23.8 Å². The third-order valence-electron chi connectivity index (χ3n) is 1.83. The highest BCUT2D eigenvalue weighted by Gasteiger charge is 2.09. The number of carboxylic acids is 1. The van der Waals surface area contributed by atoms with E-state index in [0.29, 0.717) is 0 Å². The Bertz CT molecular complexity index is 416. The van der Waals surface area contributed by atoms with Crippen molar-refractivity contribution in [3.8, 4) is 5.75 Å². The minimum atomic E-state index is -1.09. The molecule has 6 nitrogen and oxygen atoms in total. The summed E-state index contributed by atoms with van der Waals surface area (Å²) in [5.41, 5.74) is 5.84. The summed E-state index contributed by atoms with van der Waals surface area (Å²) < 4.78 is 9.39. The van der Waals surface area contributed by atoms with E-state index in [1.165, 1.54) is 25.3 Å². The first-order valence-electron chi connectivity index (χ1n) is 4.37. The van der Waals surface area contributed by atoms with Crippen LogP contribution in [0.1, 0.15) is 10.4 Å². The van der Waals surface area contributed by atoms with Crippen molar-refractivity contribution < 1.29 is 24.2 Å². The molecule has 0 heterocycles. The molecule has 0 bridgehead atoms. The molecule has 0 unspecified atom stereocenters. The van der Waals surface area contributed by atoms with Crippen molar-refractivity contribution in [1.29, 1.82) is 0 Å². The summed E-state index contributed by atoms with van der Waals surface area (Å²) in [7, 11) is 1.22. The quantitative estimate of drug-likeness (QED) is 0.572. The third-order valence-corrected chi connectivity index (χ3v) is 1.83. The molecule has 0 radical (unpaired) electrons. The van der Waals surface area contributed by atoms with Crippen LogP contribution in [0.25, 0.3) is 0 Å². The summed E-state index contributed by atoms with van der Waals surface area (Å²) >= 11 is 0. The zero-order valence-electron chi connectivity index (χ0n) is 8.60. The van der Waals surface area contributed by atoms with E-state index in [0.717, 1.165) is 0 Å². The van der Waals surface area contributed by atoms with Gasteiger partial charge in [0.05, 0.1) is 18.4 Å². The molecule has 1 aromatic rings. The lowest BCUT2D eigenvalue weighted by Gasteiger charge is -2.08. The Morgan fingerprint density at radius 3 is 2.69 bits per heavy atom. The number of carbonyl (C=O) groups excluding carboxylic acids is 1. The molecule has 0 aliphatic rings. The minimum absolute atomic E-state index is 0.0362. The number of hydrogen-bond donors (Lipinski definition) is 2. The van der Waals surface area contributed by atoms with E-state index in [9.17, 15) is 9.59 Å². The number of nitrogen functional groups attached to an aromatic ring is 1. The average Bonchev–Trinajstić information content (AvgIpc) is 2.27. The first kappa shape index (κ1) is 11.8. The molecule has 0 saturated heterocycles. The Balaban J connectivity index is 2.82. The van der Waals surface area contributed by atoms with Crippen LogP contribution in [0.3, 0.4) is 0 Å². The van der Waals surface area contributed by atoms with Gasteiger partial charge in [-0.15, -0.1) is 0 Å². The van der Waals surface area contributed by atoms with Crippen molar-refractivity contribution in [3.63, 3.8) is 0 Å². The lowest BCUT2D eigenvalue weighted by Crippen LogP contribution is -2.13. The number of anilines is 1. The van der Waals surface area contributed by atoms with Gasteiger partial charge < -0.3 is 20.3 Å². The normalized spacial score (nSPS) is 9.56. The first-order valence-corrected chi connectivity index (χ1v) is 4.37. The summed E-state index contributed by atoms with van der Waals surface area (Å²) in [5, 5.41) is 8.74. The van der Waals surface area contributed by atoms with Crippen molar-refractivity contribution in [2.75, 3.05) is 19.5 Å². The van der Waals surface area contributed by atoms with Gasteiger partial charge in [0.25, 0.3) is 0 Å². The van der Waals surface area contributed by atoms with Gasteiger partial charge in [-0.05, 0) is 18.2 Å². The zero-order chi connectivity index (χ0) is 12.1. The van der Waals surface area contributed by atoms with Gasteiger partial charge in [0.1, 0.15) is 5.75 Å². The predicted molar refractivity (Wildman–Crippen MR) is 55.3 cm³/mol. The number of nitrogens with two attached hydrogens (primary N) is 1. The molecule has 0 aliphatic carbocycles. The Labute approximate surface area is 91.6 Å². The van der Waals surface area contributed by atoms with Crippen LogP contribution < -0.4 is 10.5 Å². The SMILES string of the molecule is COC(=O)COc1cc(C(=O)O)ccc1N. The summed E-state index contributed by atoms with van der Waals surface area (Å²) in [6.07, 6.45) is 0. The second-order valence-corrected chi connectivity index (χ2v) is 2.92. The van der Waals surface area contributed by atoms with Crippen LogP contribution in [0.15, 0.2) is 18.2 Å². The van der Waals surface area contributed by atoms with Gasteiger partial charge in [-0.25, -0.2) is 9.59 Å². The van der Waals surface area contributed by atoms with Gasteiger partial charge in [0, 0.05) is 0 Å². The van der Waals surface area contributed by atoms with Crippen LogP contribution in [0.4, 0.5) is 5.69 Å². The molecule has 0 amide bonds. The number of methoxy groups -OCH3 is 1. The Kier molecular flexibility index (Phi) is 3.71. The summed E-state index contributed by atoms with van der Waals surface area (Å²) in [5.74, 6) is -1.52. The maximum atomic E-state index is 10.8. The van der Waals surface area contributed by atoms with Crippen molar-refractivity contribution in [2.24, 2.45) is 0 Å². The maximum Gasteiger partial charge on any atom is 0.343 e. The molecule has 0 atom stereocenters. The van der Waals surface area contributed by atoms with E-state index in [4.69, 9.17) is 15.6 Å².